The molecule has 182 valence electrons. The van der Waals surface area contributed by atoms with Crippen molar-refractivity contribution in [2.45, 2.75) is 117 Å². The fourth-order valence-corrected chi connectivity index (χ4v) is 3.90. The molecule has 0 N–H and O–H groups in total. The van der Waals surface area contributed by atoms with Gasteiger partial charge in [0.1, 0.15) is 24.8 Å². The Labute approximate surface area is 196 Å². The fraction of sp³-hybridized carbons (Fsp3) is 0.769. The molecule has 0 aromatic carbocycles. The lowest BCUT2D eigenvalue weighted by atomic mass is 10.1. The Hall–Kier alpha value is -1.66. The highest BCUT2D eigenvalue weighted by atomic mass is 16.5. The van der Waals surface area contributed by atoms with Gasteiger partial charge in [0.25, 0.3) is 0 Å². The minimum absolute atomic E-state index is 0.578. The molecular formula is C26H48N4O2+2. The second-order valence-electron chi connectivity index (χ2n) is 8.94. The molecule has 0 aliphatic heterocycles. The number of aromatic nitrogens is 4. The van der Waals surface area contributed by atoms with Crippen molar-refractivity contribution in [3.63, 3.8) is 0 Å². The standard InChI is InChI=1S/C26H48N4O2/c1-3-5-7-9-11-13-15-27-17-19-29(23-27)25-31-21-22-32-26-30-20-18-28(24-30)16-14-12-10-8-6-4-2/h17-20,23-24H,3-16,21-22,25-26H2,1-2H3/q+2. The molecule has 0 unspecified atom stereocenters. The van der Waals surface area contributed by atoms with Crippen LogP contribution in [-0.4, -0.2) is 22.3 Å². The van der Waals surface area contributed by atoms with E-state index in [0.717, 1.165) is 13.1 Å². The highest BCUT2D eigenvalue weighted by Gasteiger charge is 2.05. The number of unbranched alkanes of at least 4 members (excludes halogenated alkanes) is 10. The molecule has 6 nitrogen and oxygen atoms in total. The summed E-state index contributed by atoms with van der Waals surface area (Å²) in [5.41, 5.74) is 0. The predicted octanol–water partition coefficient (Wildman–Crippen LogP) is 5.23. The van der Waals surface area contributed by atoms with Gasteiger partial charge in [-0.15, -0.1) is 0 Å². The maximum atomic E-state index is 5.75. The third-order valence-corrected chi connectivity index (χ3v) is 5.88. The third kappa shape index (κ3) is 12.4. The molecule has 0 saturated carbocycles. The van der Waals surface area contributed by atoms with Crippen molar-refractivity contribution in [2.75, 3.05) is 13.2 Å². The molecule has 2 aromatic rings. The molecule has 0 fully saturated rings. The van der Waals surface area contributed by atoms with Crippen molar-refractivity contribution in [1.82, 2.24) is 9.13 Å². The molecule has 2 aromatic heterocycles. The van der Waals surface area contributed by atoms with Crippen molar-refractivity contribution in [1.29, 1.82) is 0 Å². The summed E-state index contributed by atoms with van der Waals surface area (Å²) in [5, 5.41) is 0. The van der Waals surface area contributed by atoms with Gasteiger partial charge in [0.2, 0.25) is 12.7 Å². The van der Waals surface area contributed by atoms with Crippen LogP contribution in [0.5, 0.6) is 0 Å². The lowest BCUT2D eigenvalue weighted by molar-refractivity contribution is -0.737. The zero-order valence-corrected chi connectivity index (χ0v) is 20.8. The number of ether oxygens (including phenoxy) is 2. The highest BCUT2D eigenvalue weighted by Crippen LogP contribution is 2.06. The van der Waals surface area contributed by atoms with Gasteiger partial charge in [-0.05, 0) is 25.7 Å². The Bertz CT molecular complexity index is 625. The maximum absolute atomic E-state index is 5.75. The number of hydrogen-bond donors (Lipinski definition) is 0. The van der Waals surface area contributed by atoms with Crippen LogP contribution in [0.4, 0.5) is 0 Å². The number of nitrogens with zero attached hydrogens (tertiary/aromatic N) is 4. The van der Waals surface area contributed by atoms with Crippen LogP contribution in [0.2, 0.25) is 0 Å². The zero-order valence-electron chi connectivity index (χ0n) is 20.8. The van der Waals surface area contributed by atoms with Gasteiger partial charge in [-0.25, -0.2) is 18.3 Å². The quantitative estimate of drug-likeness (QED) is 0.194. The van der Waals surface area contributed by atoms with Gasteiger partial charge in [-0.1, -0.05) is 65.2 Å². The SMILES string of the molecule is CCCCCCCCn1cc[n+](COCCOC[n+]2ccn(CCCCCCCC)c2)c1. The van der Waals surface area contributed by atoms with Gasteiger partial charge in [0.15, 0.2) is 13.5 Å². The largest absolute Gasteiger partial charge is 0.339 e. The van der Waals surface area contributed by atoms with E-state index >= 15 is 0 Å². The number of imidazole rings is 2. The Morgan fingerprint density at radius 1 is 0.562 bits per heavy atom. The van der Waals surface area contributed by atoms with E-state index in [-0.39, 0.29) is 0 Å². The Balaban J connectivity index is 1.45. The van der Waals surface area contributed by atoms with E-state index in [2.05, 4.69) is 69.6 Å². The number of rotatable bonds is 21. The zero-order chi connectivity index (χ0) is 22.7. The van der Waals surface area contributed by atoms with E-state index in [1.807, 2.05) is 0 Å². The molecule has 0 radical (unpaired) electrons. The van der Waals surface area contributed by atoms with Crippen LogP contribution in [-0.2, 0) is 36.0 Å². The van der Waals surface area contributed by atoms with Crippen LogP contribution in [0.1, 0.15) is 90.9 Å². The van der Waals surface area contributed by atoms with E-state index in [9.17, 15) is 0 Å². The summed E-state index contributed by atoms with van der Waals surface area (Å²) < 4.78 is 20.2. The van der Waals surface area contributed by atoms with Crippen molar-refractivity contribution in [3.8, 4) is 0 Å². The molecule has 0 atom stereocenters. The van der Waals surface area contributed by atoms with E-state index in [0.29, 0.717) is 26.7 Å². The summed E-state index contributed by atoms with van der Waals surface area (Å²) >= 11 is 0. The molecule has 0 aliphatic carbocycles. The third-order valence-electron chi connectivity index (χ3n) is 5.88. The Kier molecular flexibility index (Phi) is 14.8. The van der Waals surface area contributed by atoms with Gasteiger partial charge < -0.3 is 9.47 Å². The van der Waals surface area contributed by atoms with E-state index in [1.54, 1.807) is 0 Å². The number of aryl methyl sites for hydroxylation is 2. The molecular weight excluding hydrogens is 400 g/mol. The summed E-state index contributed by atoms with van der Waals surface area (Å²) in [6, 6.07) is 0. The average molecular weight is 449 g/mol. The van der Waals surface area contributed by atoms with Crippen LogP contribution < -0.4 is 9.13 Å². The minimum atomic E-state index is 0.578. The fourth-order valence-electron chi connectivity index (χ4n) is 3.90. The molecule has 6 heteroatoms. The van der Waals surface area contributed by atoms with Crippen LogP contribution >= 0.6 is 0 Å². The van der Waals surface area contributed by atoms with Gasteiger partial charge in [0, 0.05) is 0 Å². The maximum Gasteiger partial charge on any atom is 0.245 e. The van der Waals surface area contributed by atoms with Gasteiger partial charge in [0.05, 0.1) is 26.3 Å². The van der Waals surface area contributed by atoms with E-state index in [4.69, 9.17) is 9.47 Å². The summed E-state index contributed by atoms with van der Waals surface area (Å²) in [6.07, 6.45) is 28.7. The monoisotopic (exact) mass is 448 g/mol. The van der Waals surface area contributed by atoms with Crippen LogP contribution in [0.3, 0.4) is 0 Å². The molecule has 0 spiro atoms. The Morgan fingerprint density at radius 3 is 1.41 bits per heavy atom. The number of hydrogen-bond acceptors (Lipinski definition) is 2. The summed E-state index contributed by atoms with van der Waals surface area (Å²) in [6.45, 7) is 9.09. The molecule has 2 heterocycles. The first-order valence-corrected chi connectivity index (χ1v) is 13.1. The molecule has 0 aliphatic rings. The van der Waals surface area contributed by atoms with Gasteiger partial charge in [-0.2, -0.15) is 0 Å². The molecule has 0 bridgehead atoms. The van der Waals surface area contributed by atoms with Crippen LogP contribution in [0.15, 0.2) is 37.4 Å². The Morgan fingerprint density at radius 2 is 0.969 bits per heavy atom. The van der Waals surface area contributed by atoms with Crippen molar-refractivity contribution in [3.05, 3.63) is 37.4 Å². The van der Waals surface area contributed by atoms with Crippen LogP contribution in [0, 0.1) is 0 Å². The summed E-state index contributed by atoms with van der Waals surface area (Å²) in [7, 11) is 0. The molecule has 2 rings (SSSR count). The average Bonchev–Trinajstić information content (AvgIpc) is 3.45. The lowest BCUT2D eigenvalue weighted by Gasteiger charge is -2.02. The van der Waals surface area contributed by atoms with E-state index < -0.39 is 0 Å². The van der Waals surface area contributed by atoms with Gasteiger partial charge >= 0.3 is 0 Å². The summed E-state index contributed by atoms with van der Waals surface area (Å²) in [5.74, 6) is 0. The second-order valence-corrected chi connectivity index (χ2v) is 8.94. The molecule has 0 saturated heterocycles. The first-order valence-electron chi connectivity index (χ1n) is 13.1. The predicted molar refractivity (Wildman–Crippen MR) is 128 cm³/mol. The first-order chi connectivity index (χ1) is 15.8. The first kappa shape index (κ1) is 26.6. The lowest BCUT2D eigenvalue weighted by Crippen LogP contribution is -2.35. The van der Waals surface area contributed by atoms with Crippen molar-refractivity contribution in [2.24, 2.45) is 0 Å². The normalized spacial score (nSPS) is 11.4. The second kappa shape index (κ2) is 17.8. The van der Waals surface area contributed by atoms with E-state index in [1.165, 1.54) is 77.0 Å². The summed E-state index contributed by atoms with van der Waals surface area (Å²) in [4.78, 5) is 0. The van der Waals surface area contributed by atoms with Crippen molar-refractivity contribution >= 4 is 0 Å². The van der Waals surface area contributed by atoms with Gasteiger partial charge in [-0.3, -0.25) is 0 Å². The topological polar surface area (TPSA) is 36.1 Å². The minimum Gasteiger partial charge on any atom is -0.339 e. The van der Waals surface area contributed by atoms with Crippen LogP contribution in [0.25, 0.3) is 0 Å². The van der Waals surface area contributed by atoms with Crippen molar-refractivity contribution < 1.29 is 18.6 Å². The molecule has 32 heavy (non-hydrogen) atoms. The smallest absolute Gasteiger partial charge is 0.245 e. The molecule has 0 amide bonds. The highest BCUT2D eigenvalue weighted by molar-refractivity contribution is 4.66.